The van der Waals surface area contributed by atoms with Crippen LogP contribution in [0.5, 0.6) is 0 Å². The summed E-state index contributed by atoms with van der Waals surface area (Å²) in [6.07, 6.45) is 0. The Kier molecular flexibility index (Phi) is 3.50. The molecule has 0 saturated carbocycles. The van der Waals surface area contributed by atoms with Crippen molar-refractivity contribution in [2.45, 2.75) is 6.92 Å². The molecule has 0 aliphatic carbocycles. The summed E-state index contributed by atoms with van der Waals surface area (Å²) in [5.41, 5.74) is 0. The highest BCUT2D eigenvalue weighted by molar-refractivity contribution is 6.17. The average Bonchev–Trinajstić information content (AvgIpc) is 2.32. The number of carbonyl (C=O) groups excluding carboxylic acids is 4. The topological polar surface area (TPSA) is 84.0 Å². The molecule has 0 aromatic rings. The van der Waals surface area contributed by atoms with E-state index in [2.05, 4.69) is 4.74 Å². The predicted octanol–water partition coefficient (Wildman–Crippen LogP) is -0.538. The van der Waals surface area contributed by atoms with Crippen LogP contribution in [0.15, 0.2) is 0 Å². The van der Waals surface area contributed by atoms with Crippen molar-refractivity contribution in [2.24, 2.45) is 11.8 Å². The van der Waals surface area contributed by atoms with Crippen LogP contribution >= 0.6 is 0 Å². The van der Waals surface area contributed by atoms with E-state index in [1.165, 1.54) is 28.1 Å². The smallest absolute Gasteiger partial charge is 0.332 e. The van der Waals surface area contributed by atoms with Crippen LogP contribution in [0.25, 0.3) is 0 Å². The Hall–Kier alpha value is -1.92. The number of amides is 4. The highest BCUT2D eigenvalue weighted by Crippen LogP contribution is 2.23. The summed E-state index contributed by atoms with van der Waals surface area (Å²) >= 11 is 0. The van der Waals surface area contributed by atoms with Crippen molar-refractivity contribution in [3.63, 3.8) is 0 Å². The van der Waals surface area contributed by atoms with Crippen LogP contribution in [0.4, 0.5) is 4.79 Å². The van der Waals surface area contributed by atoms with Gasteiger partial charge in [-0.05, 0) is 0 Å². The van der Waals surface area contributed by atoms with Crippen molar-refractivity contribution in [3.8, 4) is 0 Å². The second-order valence-corrected chi connectivity index (χ2v) is 3.87. The minimum absolute atomic E-state index is 0.659. The van der Waals surface area contributed by atoms with Gasteiger partial charge in [0.05, 0.1) is 13.0 Å². The van der Waals surface area contributed by atoms with Crippen molar-refractivity contribution in [3.05, 3.63) is 0 Å². The molecule has 94 valence electrons. The maximum atomic E-state index is 11.8. The first-order chi connectivity index (χ1) is 7.82. The summed E-state index contributed by atoms with van der Waals surface area (Å²) in [5.74, 6) is -4.15. The summed E-state index contributed by atoms with van der Waals surface area (Å²) in [6, 6.07) is -0.701. The Balaban J connectivity index is 3.06. The number of imide groups is 2. The summed E-state index contributed by atoms with van der Waals surface area (Å²) in [7, 11) is 3.71. The lowest BCUT2D eigenvalue weighted by molar-refractivity contribution is -0.159. The number of methoxy groups -OCH3 is 1. The number of nitrogens with zero attached hydrogens (tertiary/aromatic N) is 2. The third-order valence-corrected chi connectivity index (χ3v) is 2.84. The van der Waals surface area contributed by atoms with E-state index in [9.17, 15) is 19.2 Å². The maximum Gasteiger partial charge on any atom is 0.332 e. The molecule has 0 spiro atoms. The Labute approximate surface area is 98.3 Å². The molecule has 1 heterocycles. The molecule has 1 aliphatic heterocycles. The molecule has 0 aromatic heterocycles. The number of esters is 1. The molecular formula is C10H14N2O5. The number of carbonyl (C=O) groups is 4. The van der Waals surface area contributed by atoms with E-state index in [4.69, 9.17) is 0 Å². The van der Waals surface area contributed by atoms with Crippen molar-refractivity contribution in [1.29, 1.82) is 0 Å². The van der Waals surface area contributed by atoms with Gasteiger partial charge in [0.2, 0.25) is 11.8 Å². The van der Waals surface area contributed by atoms with E-state index in [1.807, 2.05) is 0 Å². The van der Waals surface area contributed by atoms with Gasteiger partial charge in [-0.25, -0.2) is 4.79 Å². The number of ether oxygens (including phenoxy) is 1. The second kappa shape index (κ2) is 4.52. The average molecular weight is 242 g/mol. The molecule has 0 radical (unpaired) electrons. The Morgan fingerprint density at radius 3 is 1.94 bits per heavy atom. The molecule has 1 unspecified atom stereocenters. The first-order valence-electron chi connectivity index (χ1n) is 4.99. The largest absolute Gasteiger partial charge is 0.469 e. The minimum Gasteiger partial charge on any atom is -0.469 e. The molecule has 0 N–H and O–H groups in total. The predicted molar refractivity (Wildman–Crippen MR) is 55.6 cm³/mol. The highest BCUT2D eigenvalue weighted by Gasteiger charge is 2.47. The van der Waals surface area contributed by atoms with E-state index in [0.29, 0.717) is 0 Å². The van der Waals surface area contributed by atoms with Gasteiger partial charge in [0.1, 0.15) is 5.92 Å². The second-order valence-electron chi connectivity index (χ2n) is 3.87. The van der Waals surface area contributed by atoms with Crippen LogP contribution in [0.3, 0.4) is 0 Å². The molecule has 17 heavy (non-hydrogen) atoms. The molecule has 1 fully saturated rings. The van der Waals surface area contributed by atoms with Gasteiger partial charge < -0.3 is 4.74 Å². The van der Waals surface area contributed by atoms with E-state index in [-0.39, 0.29) is 0 Å². The van der Waals surface area contributed by atoms with Gasteiger partial charge in [0, 0.05) is 14.1 Å². The Morgan fingerprint density at radius 1 is 1.18 bits per heavy atom. The fraction of sp³-hybridized carbons (Fsp3) is 0.600. The van der Waals surface area contributed by atoms with Crippen LogP contribution in [0.2, 0.25) is 0 Å². The zero-order valence-electron chi connectivity index (χ0n) is 10.1. The summed E-state index contributed by atoms with van der Waals surface area (Å²) in [6.45, 7) is 1.42. The molecular weight excluding hydrogens is 228 g/mol. The molecule has 0 aromatic carbocycles. The van der Waals surface area contributed by atoms with Crippen molar-refractivity contribution in [2.75, 3.05) is 21.2 Å². The third kappa shape index (κ3) is 2.00. The first kappa shape index (κ1) is 13.1. The van der Waals surface area contributed by atoms with Crippen LogP contribution in [-0.4, -0.2) is 54.8 Å². The lowest BCUT2D eigenvalue weighted by Crippen LogP contribution is -2.59. The monoisotopic (exact) mass is 242 g/mol. The molecule has 1 saturated heterocycles. The van der Waals surface area contributed by atoms with Gasteiger partial charge in [-0.1, -0.05) is 6.92 Å². The van der Waals surface area contributed by atoms with Gasteiger partial charge in [-0.2, -0.15) is 0 Å². The lowest BCUT2D eigenvalue weighted by Gasteiger charge is -2.34. The van der Waals surface area contributed by atoms with Gasteiger partial charge in [-0.3, -0.25) is 24.2 Å². The van der Waals surface area contributed by atoms with Crippen molar-refractivity contribution in [1.82, 2.24) is 9.80 Å². The van der Waals surface area contributed by atoms with Gasteiger partial charge in [-0.15, -0.1) is 0 Å². The molecule has 1 rings (SSSR count). The van der Waals surface area contributed by atoms with Crippen LogP contribution in [-0.2, 0) is 19.1 Å². The van der Waals surface area contributed by atoms with Gasteiger partial charge >= 0.3 is 12.0 Å². The number of urea groups is 1. The molecule has 1 aliphatic rings. The summed E-state index contributed by atoms with van der Waals surface area (Å²) in [5, 5.41) is 0. The number of barbiturate groups is 1. The number of hydrogen-bond acceptors (Lipinski definition) is 5. The summed E-state index contributed by atoms with van der Waals surface area (Å²) < 4.78 is 4.49. The normalized spacial score (nSPS) is 19.6. The number of hydrogen-bond donors (Lipinski definition) is 0. The zero-order chi connectivity index (χ0) is 13.3. The van der Waals surface area contributed by atoms with Crippen LogP contribution < -0.4 is 0 Å². The first-order valence-corrected chi connectivity index (χ1v) is 4.99. The van der Waals surface area contributed by atoms with Crippen molar-refractivity contribution < 1.29 is 23.9 Å². The molecule has 1 atom stereocenters. The van der Waals surface area contributed by atoms with Gasteiger partial charge in [0.15, 0.2) is 0 Å². The van der Waals surface area contributed by atoms with E-state index >= 15 is 0 Å². The zero-order valence-corrected chi connectivity index (χ0v) is 10.1. The van der Waals surface area contributed by atoms with Crippen molar-refractivity contribution >= 4 is 23.8 Å². The van der Waals surface area contributed by atoms with E-state index < -0.39 is 35.7 Å². The Bertz CT molecular complexity index is 368. The number of rotatable bonds is 2. The fourth-order valence-electron chi connectivity index (χ4n) is 1.69. The van der Waals surface area contributed by atoms with Crippen LogP contribution in [0.1, 0.15) is 6.92 Å². The van der Waals surface area contributed by atoms with Crippen LogP contribution in [0, 0.1) is 11.8 Å². The minimum atomic E-state index is -1.20. The van der Waals surface area contributed by atoms with Gasteiger partial charge in [0.25, 0.3) is 0 Å². The standard InChI is InChI=1S/C10H14N2O5/c1-5(9(15)17-4)6-7(13)11(2)10(16)12(3)8(6)14/h5-6H,1-4H3. The quantitative estimate of drug-likeness (QED) is 0.479. The lowest BCUT2D eigenvalue weighted by atomic mass is 9.90. The highest BCUT2D eigenvalue weighted by atomic mass is 16.5. The Morgan fingerprint density at radius 2 is 1.59 bits per heavy atom. The molecule has 7 nitrogen and oxygen atoms in total. The van der Waals surface area contributed by atoms with E-state index in [0.717, 1.165) is 9.80 Å². The molecule has 7 heteroatoms. The fourth-order valence-corrected chi connectivity index (χ4v) is 1.69. The molecule has 0 bridgehead atoms. The maximum absolute atomic E-state index is 11.8. The van der Waals surface area contributed by atoms with E-state index in [1.54, 1.807) is 0 Å². The third-order valence-electron chi connectivity index (χ3n) is 2.84. The molecule has 4 amide bonds. The summed E-state index contributed by atoms with van der Waals surface area (Å²) in [4.78, 5) is 48.1. The SMILES string of the molecule is COC(=O)C(C)C1C(=O)N(C)C(=O)N(C)C1=O.